The van der Waals surface area contributed by atoms with E-state index in [1.807, 2.05) is 30.3 Å². The smallest absolute Gasteiger partial charge is 0.258 e. The number of carbonyl (C=O) groups is 2. The third kappa shape index (κ3) is 4.16. The summed E-state index contributed by atoms with van der Waals surface area (Å²) < 4.78 is 0. The van der Waals surface area contributed by atoms with Crippen LogP contribution in [0.1, 0.15) is 27.5 Å². The zero-order chi connectivity index (χ0) is 23.2. The van der Waals surface area contributed by atoms with Crippen LogP contribution in [0.2, 0.25) is 30.1 Å². The van der Waals surface area contributed by atoms with Crippen molar-refractivity contribution in [2.45, 2.75) is 6.04 Å². The third-order valence-corrected chi connectivity index (χ3v) is 7.52. The van der Waals surface area contributed by atoms with E-state index in [4.69, 9.17) is 69.6 Å². The summed E-state index contributed by atoms with van der Waals surface area (Å²) in [6, 6.07) is 13.6. The lowest BCUT2D eigenvalue weighted by Gasteiger charge is -2.31. The number of halogens is 6. The van der Waals surface area contributed by atoms with Crippen LogP contribution >= 0.6 is 69.6 Å². The summed E-state index contributed by atoms with van der Waals surface area (Å²) in [5, 5.41) is 2.68. The molecule has 0 saturated heterocycles. The Labute approximate surface area is 213 Å². The number of nitrogens with one attached hydrogen (secondary N) is 1. The van der Waals surface area contributed by atoms with Crippen LogP contribution in [0.25, 0.3) is 0 Å². The molecule has 1 N–H and O–H groups in total. The van der Waals surface area contributed by atoms with Crippen LogP contribution < -0.4 is 5.32 Å². The number of hydrogen-bond donors (Lipinski definition) is 1. The normalized spacial score (nSPS) is 15.8. The number of benzene rings is 3. The Morgan fingerprint density at radius 1 is 0.844 bits per heavy atom. The van der Waals surface area contributed by atoms with Gasteiger partial charge in [0.1, 0.15) is 6.54 Å². The minimum Gasteiger partial charge on any atom is -0.324 e. The van der Waals surface area contributed by atoms with E-state index in [2.05, 4.69) is 5.32 Å². The first-order valence-electron chi connectivity index (χ1n) is 9.17. The van der Waals surface area contributed by atoms with E-state index in [0.29, 0.717) is 16.3 Å². The molecule has 1 atom stereocenters. The molecule has 0 aromatic heterocycles. The van der Waals surface area contributed by atoms with Gasteiger partial charge in [-0.1, -0.05) is 99.9 Å². The third-order valence-electron chi connectivity index (χ3n) is 5.01. The van der Waals surface area contributed by atoms with Gasteiger partial charge in [-0.05, 0) is 23.8 Å². The van der Waals surface area contributed by atoms with Gasteiger partial charge in [0.2, 0.25) is 5.91 Å². The van der Waals surface area contributed by atoms with Gasteiger partial charge >= 0.3 is 0 Å². The lowest BCUT2D eigenvalue weighted by molar-refractivity contribution is -0.117. The molecule has 3 aromatic rings. The fourth-order valence-corrected chi connectivity index (χ4v) is 5.08. The molecule has 4 rings (SSSR count). The average molecular weight is 549 g/mol. The van der Waals surface area contributed by atoms with Crippen molar-refractivity contribution in [1.82, 2.24) is 4.90 Å². The van der Waals surface area contributed by atoms with E-state index in [1.165, 1.54) is 4.90 Å². The van der Waals surface area contributed by atoms with E-state index < -0.39 is 17.9 Å². The Morgan fingerprint density at radius 2 is 1.44 bits per heavy atom. The first-order chi connectivity index (χ1) is 15.2. The maximum atomic E-state index is 13.8. The quantitative estimate of drug-likeness (QED) is 0.262. The summed E-state index contributed by atoms with van der Waals surface area (Å²) in [6.45, 7) is -0.283. The number of amides is 2. The van der Waals surface area contributed by atoms with E-state index in [-0.39, 0.29) is 37.2 Å². The summed E-state index contributed by atoms with van der Waals surface area (Å²) >= 11 is 37.4. The van der Waals surface area contributed by atoms with Crippen molar-refractivity contribution in [2.24, 2.45) is 0 Å². The van der Waals surface area contributed by atoms with E-state index in [0.717, 1.165) is 5.56 Å². The molecule has 1 aliphatic heterocycles. The SMILES string of the molecule is O=C1CN(C(=O)c2c(Cl)c(Cl)c(Cl)c(Cl)c2Cl)C(c2ccccc2)c2cc(Cl)ccc2N1. The first-order valence-corrected chi connectivity index (χ1v) is 11.4. The summed E-state index contributed by atoms with van der Waals surface area (Å²) in [5.74, 6) is -1.05. The van der Waals surface area contributed by atoms with Crippen LogP contribution in [0.3, 0.4) is 0 Å². The minimum atomic E-state index is -0.684. The zero-order valence-electron chi connectivity index (χ0n) is 15.9. The fraction of sp³-hybridized carbons (Fsp3) is 0.0909. The highest BCUT2D eigenvalue weighted by atomic mass is 35.5. The topological polar surface area (TPSA) is 49.4 Å². The van der Waals surface area contributed by atoms with Crippen LogP contribution in [0.5, 0.6) is 0 Å². The summed E-state index contributed by atoms with van der Waals surface area (Å²) in [5.41, 5.74) is 1.76. The summed E-state index contributed by atoms with van der Waals surface area (Å²) in [4.78, 5) is 27.9. The number of fused-ring (bicyclic) bond motifs is 1. The number of hydrogen-bond acceptors (Lipinski definition) is 2. The molecule has 164 valence electrons. The molecular formula is C22H12Cl6N2O2. The molecule has 1 unspecified atom stereocenters. The van der Waals surface area contributed by atoms with Gasteiger partial charge in [0.15, 0.2) is 0 Å². The molecule has 2 amide bonds. The van der Waals surface area contributed by atoms with Crippen molar-refractivity contribution in [3.63, 3.8) is 0 Å². The Bertz CT molecular complexity index is 1220. The molecule has 32 heavy (non-hydrogen) atoms. The molecule has 1 aliphatic rings. The highest BCUT2D eigenvalue weighted by molar-refractivity contribution is 6.56. The van der Waals surface area contributed by atoms with Gasteiger partial charge in [0.05, 0.1) is 36.7 Å². The Morgan fingerprint density at radius 3 is 2.06 bits per heavy atom. The van der Waals surface area contributed by atoms with Crippen molar-refractivity contribution in [3.8, 4) is 0 Å². The zero-order valence-corrected chi connectivity index (χ0v) is 20.5. The van der Waals surface area contributed by atoms with E-state index in [9.17, 15) is 9.59 Å². The molecule has 1 heterocycles. The molecule has 4 nitrogen and oxygen atoms in total. The average Bonchev–Trinajstić information content (AvgIpc) is 2.92. The lowest BCUT2D eigenvalue weighted by atomic mass is 9.95. The van der Waals surface area contributed by atoms with Crippen molar-refractivity contribution >= 4 is 87.1 Å². The fourth-order valence-electron chi connectivity index (χ4n) is 3.60. The lowest BCUT2D eigenvalue weighted by Crippen LogP contribution is -2.39. The number of carbonyl (C=O) groups excluding carboxylic acids is 2. The Kier molecular flexibility index (Phi) is 6.83. The van der Waals surface area contributed by atoms with Gasteiger partial charge in [-0.2, -0.15) is 0 Å². The standard InChI is InChI=1S/C22H12Cl6N2O2/c23-11-6-7-13-12(8-11)21(10-4-2-1-3-5-10)30(9-14(31)29-13)22(32)15-16(24)18(26)20(28)19(27)17(15)25/h1-8,21H,9H2,(H,29,31). The second-order valence-corrected chi connectivity index (χ2v) is 9.30. The number of rotatable bonds is 2. The number of anilines is 1. The molecule has 0 bridgehead atoms. The van der Waals surface area contributed by atoms with Crippen molar-refractivity contribution < 1.29 is 9.59 Å². The summed E-state index contributed by atoms with van der Waals surface area (Å²) in [7, 11) is 0. The predicted molar refractivity (Wildman–Crippen MR) is 131 cm³/mol. The van der Waals surface area contributed by atoms with Crippen LogP contribution in [0, 0.1) is 0 Å². The maximum absolute atomic E-state index is 13.8. The molecule has 10 heteroatoms. The van der Waals surface area contributed by atoms with Crippen LogP contribution in [-0.4, -0.2) is 23.3 Å². The second-order valence-electron chi connectivity index (χ2n) is 6.97. The van der Waals surface area contributed by atoms with Crippen molar-refractivity contribution in [2.75, 3.05) is 11.9 Å². The number of nitrogens with zero attached hydrogens (tertiary/aromatic N) is 1. The highest BCUT2D eigenvalue weighted by Gasteiger charge is 2.37. The van der Waals surface area contributed by atoms with Gasteiger partial charge < -0.3 is 10.2 Å². The highest BCUT2D eigenvalue weighted by Crippen LogP contribution is 2.46. The molecule has 0 spiro atoms. The van der Waals surface area contributed by atoms with Gasteiger partial charge in [-0.15, -0.1) is 0 Å². The summed E-state index contributed by atoms with van der Waals surface area (Å²) in [6.07, 6.45) is 0. The van der Waals surface area contributed by atoms with Crippen LogP contribution in [-0.2, 0) is 4.79 Å². The van der Waals surface area contributed by atoms with Gasteiger partial charge in [-0.25, -0.2) is 0 Å². The maximum Gasteiger partial charge on any atom is 0.258 e. The van der Waals surface area contributed by atoms with Crippen molar-refractivity contribution in [3.05, 3.63) is 95.4 Å². The predicted octanol–water partition coefficient (Wildman–Crippen LogP) is 7.79. The second kappa shape index (κ2) is 9.30. The molecular weight excluding hydrogens is 537 g/mol. The Hall–Kier alpha value is -1.66. The van der Waals surface area contributed by atoms with E-state index >= 15 is 0 Å². The largest absolute Gasteiger partial charge is 0.324 e. The molecule has 0 aliphatic carbocycles. The minimum absolute atomic E-state index is 0.0646. The molecule has 0 fully saturated rings. The van der Waals surface area contributed by atoms with Crippen LogP contribution in [0.4, 0.5) is 5.69 Å². The van der Waals surface area contributed by atoms with Gasteiger partial charge in [-0.3, -0.25) is 9.59 Å². The van der Waals surface area contributed by atoms with Gasteiger partial charge in [0, 0.05) is 16.3 Å². The van der Waals surface area contributed by atoms with Gasteiger partial charge in [0.25, 0.3) is 5.91 Å². The van der Waals surface area contributed by atoms with Crippen molar-refractivity contribution in [1.29, 1.82) is 0 Å². The molecule has 0 saturated carbocycles. The van der Waals surface area contributed by atoms with E-state index in [1.54, 1.807) is 18.2 Å². The monoisotopic (exact) mass is 546 g/mol. The van der Waals surface area contributed by atoms with Crippen LogP contribution in [0.15, 0.2) is 48.5 Å². The first kappa shape index (κ1) is 23.5. The molecule has 0 radical (unpaired) electrons. The Balaban J connectivity index is 1.96. The molecule has 3 aromatic carbocycles.